The van der Waals surface area contributed by atoms with Crippen LogP contribution in [0.15, 0.2) is 4.47 Å². The molecule has 5 nitrogen and oxygen atoms in total. The Morgan fingerprint density at radius 1 is 1.40 bits per heavy atom. The van der Waals surface area contributed by atoms with Crippen LogP contribution in [0, 0.1) is 5.92 Å². The van der Waals surface area contributed by atoms with Crippen LogP contribution in [0.25, 0.3) is 0 Å². The summed E-state index contributed by atoms with van der Waals surface area (Å²) in [5.74, 6) is 0.197. The van der Waals surface area contributed by atoms with Crippen molar-refractivity contribution in [3.63, 3.8) is 0 Å². The lowest BCUT2D eigenvalue weighted by Crippen LogP contribution is -2.36. The monoisotopic (exact) mass is 345 g/mol. The fraction of sp³-hybridized carbons (Fsp3) is 0.714. The first-order valence-corrected chi connectivity index (χ1v) is 7.91. The van der Waals surface area contributed by atoms with Crippen molar-refractivity contribution >= 4 is 21.8 Å². The first-order chi connectivity index (χ1) is 9.42. The number of aromatic nitrogens is 2. The molecule has 1 rings (SSSR count). The molecule has 1 heterocycles. The second-order valence-corrected chi connectivity index (χ2v) is 6.10. The van der Waals surface area contributed by atoms with E-state index in [1.54, 1.807) is 0 Å². The van der Waals surface area contributed by atoms with Crippen LogP contribution < -0.4 is 5.32 Å². The summed E-state index contributed by atoms with van der Waals surface area (Å²) in [7, 11) is 0. The standard InChI is InChI=1S/C14H24BrN3O2/c1-5-9(6-2)10(19)7-16-14(20)13-11(15)12(8(3)4)17-18-13/h8-10,19H,5-7H2,1-4H3,(H,16,20)(H,17,18). The molecular weight excluding hydrogens is 322 g/mol. The number of rotatable bonds is 7. The van der Waals surface area contributed by atoms with Gasteiger partial charge in [0, 0.05) is 6.54 Å². The third-order valence-corrected chi connectivity index (χ3v) is 4.39. The maximum atomic E-state index is 12.1. The smallest absolute Gasteiger partial charge is 0.273 e. The molecule has 6 heteroatoms. The molecule has 0 bridgehead atoms. The third kappa shape index (κ3) is 4.06. The SMILES string of the molecule is CCC(CC)C(O)CNC(=O)c1n[nH]c(C(C)C)c1Br. The van der Waals surface area contributed by atoms with Crippen molar-refractivity contribution in [2.24, 2.45) is 5.92 Å². The number of hydrogen-bond acceptors (Lipinski definition) is 3. The van der Waals surface area contributed by atoms with Crippen molar-refractivity contribution in [1.82, 2.24) is 15.5 Å². The van der Waals surface area contributed by atoms with E-state index < -0.39 is 6.10 Å². The van der Waals surface area contributed by atoms with Gasteiger partial charge in [-0.2, -0.15) is 5.10 Å². The molecule has 1 aromatic heterocycles. The second-order valence-electron chi connectivity index (χ2n) is 5.31. The molecule has 3 N–H and O–H groups in total. The summed E-state index contributed by atoms with van der Waals surface area (Å²) in [5, 5.41) is 19.7. The van der Waals surface area contributed by atoms with Gasteiger partial charge in [-0.05, 0) is 27.8 Å². The van der Waals surface area contributed by atoms with Gasteiger partial charge in [-0.15, -0.1) is 0 Å². The average Bonchev–Trinajstić information content (AvgIpc) is 2.79. The molecule has 1 atom stereocenters. The molecule has 0 spiro atoms. The zero-order chi connectivity index (χ0) is 15.3. The Hall–Kier alpha value is -0.880. The van der Waals surface area contributed by atoms with E-state index in [1.807, 2.05) is 27.7 Å². The molecule has 0 aliphatic carbocycles. The number of aliphatic hydroxyl groups is 1. The van der Waals surface area contributed by atoms with Gasteiger partial charge in [0.15, 0.2) is 5.69 Å². The molecule has 0 aliphatic rings. The van der Waals surface area contributed by atoms with Crippen LogP contribution in [0.1, 0.15) is 62.6 Å². The summed E-state index contributed by atoms with van der Waals surface area (Å²) in [6, 6.07) is 0. The lowest BCUT2D eigenvalue weighted by Gasteiger charge is -2.20. The topological polar surface area (TPSA) is 78.0 Å². The van der Waals surface area contributed by atoms with E-state index in [0.717, 1.165) is 18.5 Å². The predicted molar refractivity (Wildman–Crippen MR) is 82.8 cm³/mol. The molecule has 114 valence electrons. The van der Waals surface area contributed by atoms with E-state index in [0.29, 0.717) is 10.2 Å². The van der Waals surface area contributed by atoms with Gasteiger partial charge in [0.1, 0.15) is 0 Å². The summed E-state index contributed by atoms with van der Waals surface area (Å²) < 4.78 is 0.696. The number of aromatic amines is 1. The molecular formula is C14H24BrN3O2. The van der Waals surface area contributed by atoms with Crippen LogP contribution in [0.5, 0.6) is 0 Å². The Kier molecular flexibility index (Phi) is 6.68. The van der Waals surface area contributed by atoms with E-state index in [-0.39, 0.29) is 24.3 Å². The lowest BCUT2D eigenvalue weighted by atomic mass is 9.96. The van der Waals surface area contributed by atoms with Gasteiger partial charge < -0.3 is 10.4 Å². The molecule has 20 heavy (non-hydrogen) atoms. The first-order valence-electron chi connectivity index (χ1n) is 7.12. The molecule has 0 aromatic carbocycles. The van der Waals surface area contributed by atoms with Crippen LogP contribution in [0.4, 0.5) is 0 Å². The van der Waals surface area contributed by atoms with Crippen molar-refractivity contribution < 1.29 is 9.90 Å². The molecule has 0 aliphatic heterocycles. The van der Waals surface area contributed by atoms with Crippen molar-refractivity contribution in [2.75, 3.05) is 6.54 Å². The van der Waals surface area contributed by atoms with Crippen LogP contribution in [0.3, 0.4) is 0 Å². The van der Waals surface area contributed by atoms with Crippen molar-refractivity contribution in [3.8, 4) is 0 Å². The molecule has 1 amide bonds. The maximum Gasteiger partial charge on any atom is 0.273 e. The minimum absolute atomic E-state index is 0.212. The number of nitrogens with one attached hydrogen (secondary N) is 2. The van der Waals surface area contributed by atoms with E-state index in [2.05, 4.69) is 31.4 Å². The molecule has 1 aromatic rings. The number of nitrogens with zero attached hydrogens (tertiary/aromatic N) is 1. The highest BCUT2D eigenvalue weighted by atomic mass is 79.9. The number of carbonyl (C=O) groups excluding carboxylic acids is 1. The summed E-state index contributed by atoms with van der Waals surface area (Å²) >= 11 is 3.40. The highest BCUT2D eigenvalue weighted by Gasteiger charge is 2.21. The maximum absolute atomic E-state index is 12.1. The van der Waals surface area contributed by atoms with Gasteiger partial charge in [-0.25, -0.2) is 0 Å². The summed E-state index contributed by atoms with van der Waals surface area (Å²) in [4.78, 5) is 12.1. The van der Waals surface area contributed by atoms with Crippen molar-refractivity contribution in [2.45, 2.75) is 52.6 Å². The Balaban J connectivity index is 2.64. The van der Waals surface area contributed by atoms with Gasteiger partial charge in [-0.3, -0.25) is 9.89 Å². The number of H-pyrrole nitrogens is 1. The largest absolute Gasteiger partial charge is 0.391 e. The van der Waals surface area contributed by atoms with Crippen LogP contribution in [-0.4, -0.2) is 33.9 Å². The summed E-state index contributed by atoms with van der Waals surface area (Å²) in [6.07, 6.45) is 1.28. The second kappa shape index (κ2) is 7.78. The number of halogens is 1. The van der Waals surface area contributed by atoms with Gasteiger partial charge in [0.25, 0.3) is 5.91 Å². The van der Waals surface area contributed by atoms with Gasteiger partial charge in [-0.1, -0.05) is 40.5 Å². The van der Waals surface area contributed by atoms with Crippen LogP contribution in [0.2, 0.25) is 0 Å². The van der Waals surface area contributed by atoms with Crippen molar-refractivity contribution in [3.05, 3.63) is 15.9 Å². The Morgan fingerprint density at radius 3 is 2.45 bits per heavy atom. The lowest BCUT2D eigenvalue weighted by molar-refractivity contribution is 0.0812. The van der Waals surface area contributed by atoms with Gasteiger partial charge >= 0.3 is 0 Å². The number of aliphatic hydroxyl groups excluding tert-OH is 1. The minimum Gasteiger partial charge on any atom is -0.391 e. The zero-order valence-electron chi connectivity index (χ0n) is 12.5. The Bertz CT molecular complexity index is 442. The summed E-state index contributed by atoms with van der Waals surface area (Å²) in [5.41, 5.74) is 1.24. The molecule has 0 fully saturated rings. The summed E-state index contributed by atoms with van der Waals surface area (Å²) in [6.45, 7) is 8.38. The van der Waals surface area contributed by atoms with Crippen LogP contribution in [-0.2, 0) is 0 Å². The van der Waals surface area contributed by atoms with Gasteiger partial charge in [0.2, 0.25) is 0 Å². The van der Waals surface area contributed by atoms with E-state index in [1.165, 1.54) is 0 Å². The fourth-order valence-electron chi connectivity index (χ4n) is 2.16. The van der Waals surface area contributed by atoms with Crippen LogP contribution >= 0.6 is 15.9 Å². The quantitative estimate of drug-likeness (QED) is 0.710. The highest BCUT2D eigenvalue weighted by molar-refractivity contribution is 9.10. The molecule has 1 unspecified atom stereocenters. The van der Waals surface area contributed by atoms with E-state index >= 15 is 0 Å². The normalized spacial score (nSPS) is 13.0. The molecule has 0 radical (unpaired) electrons. The Morgan fingerprint density at radius 2 is 2.00 bits per heavy atom. The fourth-order valence-corrected chi connectivity index (χ4v) is 2.97. The number of carbonyl (C=O) groups is 1. The number of hydrogen-bond donors (Lipinski definition) is 3. The van der Waals surface area contributed by atoms with E-state index in [9.17, 15) is 9.90 Å². The minimum atomic E-state index is -0.517. The first kappa shape index (κ1) is 17.2. The van der Waals surface area contributed by atoms with Gasteiger partial charge in [0.05, 0.1) is 16.3 Å². The molecule has 0 saturated heterocycles. The predicted octanol–water partition coefficient (Wildman–Crippen LogP) is 2.82. The molecule has 0 saturated carbocycles. The average molecular weight is 346 g/mol. The Labute approximate surface area is 128 Å². The zero-order valence-corrected chi connectivity index (χ0v) is 14.1. The third-order valence-electron chi connectivity index (χ3n) is 3.59. The van der Waals surface area contributed by atoms with Crippen molar-refractivity contribution in [1.29, 1.82) is 0 Å². The highest BCUT2D eigenvalue weighted by Crippen LogP contribution is 2.25. The number of amides is 1. The van der Waals surface area contributed by atoms with E-state index in [4.69, 9.17) is 0 Å².